The summed E-state index contributed by atoms with van der Waals surface area (Å²) in [6.45, 7) is 8.61. The molecule has 0 aliphatic carbocycles. The fourth-order valence-electron chi connectivity index (χ4n) is 3.01. The lowest BCUT2D eigenvalue weighted by Gasteiger charge is -2.24. The summed E-state index contributed by atoms with van der Waals surface area (Å²) in [5.41, 5.74) is 2.45. The van der Waals surface area contributed by atoms with Gasteiger partial charge in [0.15, 0.2) is 0 Å². The van der Waals surface area contributed by atoms with Crippen LogP contribution < -0.4 is 10.2 Å². The summed E-state index contributed by atoms with van der Waals surface area (Å²) in [5, 5.41) is 13.4. The Morgan fingerprint density at radius 1 is 1.43 bits per heavy atom. The van der Waals surface area contributed by atoms with Gasteiger partial charge in [0.2, 0.25) is 0 Å². The first kappa shape index (κ1) is 16.6. The summed E-state index contributed by atoms with van der Waals surface area (Å²) in [6.07, 6.45) is 2.03. The highest BCUT2D eigenvalue weighted by Gasteiger charge is 2.25. The van der Waals surface area contributed by atoms with Crippen molar-refractivity contribution in [2.24, 2.45) is 11.8 Å². The smallest absolute Gasteiger partial charge is 0.0642 e. The third-order valence-corrected chi connectivity index (χ3v) is 4.38. The van der Waals surface area contributed by atoms with E-state index < -0.39 is 0 Å². The first-order chi connectivity index (χ1) is 10.1. The van der Waals surface area contributed by atoms with Gasteiger partial charge >= 0.3 is 0 Å². The maximum Gasteiger partial charge on any atom is 0.0642 e. The molecule has 1 heterocycles. The summed E-state index contributed by atoms with van der Waals surface area (Å²) >= 11 is 6.46. The van der Waals surface area contributed by atoms with Crippen LogP contribution in [0.1, 0.15) is 32.3 Å². The number of rotatable bonds is 7. The highest BCUT2D eigenvalue weighted by atomic mass is 35.5. The normalized spacial score (nSPS) is 18.7. The lowest BCUT2D eigenvalue weighted by Crippen LogP contribution is -2.24. The minimum absolute atomic E-state index is 0.282. The molecule has 0 saturated carbocycles. The number of para-hydroxylation sites is 1. The number of hydrogen-bond acceptors (Lipinski definition) is 3. The summed E-state index contributed by atoms with van der Waals surface area (Å²) in [5.74, 6) is 1.23. The van der Waals surface area contributed by atoms with Crippen molar-refractivity contribution in [3.63, 3.8) is 0 Å². The molecule has 3 nitrogen and oxygen atoms in total. The average Bonchev–Trinajstić information content (AvgIpc) is 2.87. The molecule has 0 amide bonds. The van der Waals surface area contributed by atoms with E-state index in [2.05, 4.69) is 30.1 Å². The predicted octanol–water partition coefficient (Wildman–Crippen LogP) is 3.29. The van der Waals surface area contributed by atoms with Crippen LogP contribution in [-0.2, 0) is 6.54 Å². The molecule has 0 bridgehead atoms. The van der Waals surface area contributed by atoms with Crippen molar-refractivity contribution in [2.45, 2.75) is 33.2 Å². The van der Waals surface area contributed by atoms with Crippen LogP contribution in [0.25, 0.3) is 0 Å². The number of nitrogens with zero attached hydrogens (tertiary/aromatic N) is 1. The first-order valence-electron chi connectivity index (χ1n) is 7.95. The van der Waals surface area contributed by atoms with Gasteiger partial charge in [0.25, 0.3) is 0 Å². The SMILES string of the molecule is CC(C)CNCc1cccc(Cl)c1N1CCC(CCO)C1. The van der Waals surface area contributed by atoms with Gasteiger partial charge in [0.05, 0.1) is 10.7 Å². The largest absolute Gasteiger partial charge is 0.396 e. The van der Waals surface area contributed by atoms with E-state index in [0.717, 1.165) is 44.0 Å². The van der Waals surface area contributed by atoms with Gasteiger partial charge in [-0.25, -0.2) is 0 Å². The molecule has 1 aromatic carbocycles. The lowest BCUT2D eigenvalue weighted by atomic mass is 10.1. The van der Waals surface area contributed by atoms with Crippen molar-refractivity contribution in [3.05, 3.63) is 28.8 Å². The molecular weight excluding hydrogens is 284 g/mol. The topological polar surface area (TPSA) is 35.5 Å². The van der Waals surface area contributed by atoms with Gasteiger partial charge < -0.3 is 15.3 Å². The Hall–Kier alpha value is -0.770. The van der Waals surface area contributed by atoms with Crippen LogP contribution in [0, 0.1) is 11.8 Å². The zero-order valence-electron chi connectivity index (χ0n) is 13.1. The van der Waals surface area contributed by atoms with Crippen molar-refractivity contribution in [1.82, 2.24) is 5.32 Å². The Morgan fingerprint density at radius 2 is 2.24 bits per heavy atom. The lowest BCUT2D eigenvalue weighted by molar-refractivity contribution is 0.263. The van der Waals surface area contributed by atoms with Crippen molar-refractivity contribution in [1.29, 1.82) is 0 Å². The number of benzene rings is 1. The van der Waals surface area contributed by atoms with E-state index in [1.807, 2.05) is 12.1 Å². The van der Waals surface area contributed by atoms with Crippen LogP contribution in [0.5, 0.6) is 0 Å². The van der Waals surface area contributed by atoms with E-state index in [1.54, 1.807) is 0 Å². The van der Waals surface area contributed by atoms with Crippen molar-refractivity contribution in [3.8, 4) is 0 Å². The number of hydrogen-bond donors (Lipinski definition) is 2. The van der Waals surface area contributed by atoms with Gasteiger partial charge in [0, 0.05) is 26.2 Å². The maximum absolute atomic E-state index is 9.11. The summed E-state index contributed by atoms with van der Waals surface area (Å²) in [7, 11) is 0. The molecule has 1 aliphatic heterocycles. The quantitative estimate of drug-likeness (QED) is 0.811. The molecule has 1 saturated heterocycles. The van der Waals surface area contributed by atoms with Crippen molar-refractivity contribution < 1.29 is 5.11 Å². The highest BCUT2D eigenvalue weighted by Crippen LogP contribution is 2.34. The molecule has 1 atom stereocenters. The summed E-state index contributed by atoms with van der Waals surface area (Å²) < 4.78 is 0. The van der Waals surface area contributed by atoms with Crippen molar-refractivity contribution >= 4 is 17.3 Å². The molecule has 118 valence electrons. The van der Waals surface area contributed by atoms with E-state index in [1.165, 1.54) is 11.3 Å². The molecule has 1 unspecified atom stereocenters. The fraction of sp³-hybridized carbons (Fsp3) is 0.647. The fourth-order valence-corrected chi connectivity index (χ4v) is 3.32. The van der Waals surface area contributed by atoms with E-state index in [9.17, 15) is 0 Å². The molecule has 1 aromatic rings. The Bertz CT molecular complexity index is 450. The molecule has 0 aromatic heterocycles. The molecular formula is C17H27ClN2O. The first-order valence-corrected chi connectivity index (χ1v) is 8.33. The Balaban J connectivity index is 2.07. The van der Waals surface area contributed by atoms with Crippen LogP contribution in [0.2, 0.25) is 5.02 Å². The second-order valence-corrected chi connectivity index (χ2v) is 6.79. The molecule has 1 aliphatic rings. The van der Waals surface area contributed by atoms with Crippen molar-refractivity contribution in [2.75, 3.05) is 31.1 Å². The summed E-state index contributed by atoms with van der Waals surface area (Å²) in [6, 6.07) is 6.16. The van der Waals surface area contributed by atoms with Gasteiger partial charge in [-0.3, -0.25) is 0 Å². The third kappa shape index (κ3) is 4.60. The van der Waals surface area contributed by atoms with Gasteiger partial charge in [-0.2, -0.15) is 0 Å². The minimum atomic E-state index is 0.282. The molecule has 1 fully saturated rings. The van der Waals surface area contributed by atoms with Gasteiger partial charge in [-0.15, -0.1) is 0 Å². The molecule has 4 heteroatoms. The van der Waals surface area contributed by atoms with Crippen LogP contribution in [0.4, 0.5) is 5.69 Å². The van der Waals surface area contributed by atoms with E-state index in [0.29, 0.717) is 11.8 Å². The second kappa shape index (κ2) is 8.02. The highest BCUT2D eigenvalue weighted by molar-refractivity contribution is 6.33. The van der Waals surface area contributed by atoms with Crippen LogP contribution >= 0.6 is 11.6 Å². The molecule has 2 rings (SSSR count). The zero-order valence-corrected chi connectivity index (χ0v) is 13.9. The standard InChI is InChI=1S/C17H27ClN2O/c1-13(2)10-19-11-15-4-3-5-16(18)17(15)20-8-6-14(12-20)7-9-21/h3-5,13-14,19,21H,6-12H2,1-2H3. The number of anilines is 1. The molecule has 0 radical (unpaired) electrons. The Labute approximate surface area is 133 Å². The third-order valence-electron chi connectivity index (χ3n) is 4.08. The molecule has 21 heavy (non-hydrogen) atoms. The van der Waals surface area contributed by atoms with Crippen LogP contribution in [0.3, 0.4) is 0 Å². The van der Waals surface area contributed by atoms with E-state index in [-0.39, 0.29) is 6.61 Å². The zero-order chi connectivity index (χ0) is 15.2. The van der Waals surface area contributed by atoms with E-state index in [4.69, 9.17) is 16.7 Å². The molecule has 0 spiro atoms. The monoisotopic (exact) mass is 310 g/mol. The number of nitrogens with one attached hydrogen (secondary N) is 1. The summed E-state index contributed by atoms with van der Waals surface area (Å²) in [4.78, 5) is 2.38. The predicted molar refractivity (Wildman–Crippen MR) is 90.0 cm³/mol. The molecule has 2 N–H and O–H groups in total. The number of halogens is 1. The van der Waals surface area contributed by atoms with Gasteiger partial charge in [-0.05, 0) is 42.9 Å². The number of aliphatic hydroxyl groups excluding tert-OH is 1. The average molecular weight is 311 g/mol. The van der Waals surface area contributed by atoms with Crippen LogP contribution in [-0.4, -0.2) is 31.3 Å². The second-order valence-electron chi connectivity index (χ2n) is 6.39. The number of aliphatic hydroxyl groups is 1. The van der Waals surface area contributed by atoms with E-state index >= 15 is 0 Å². The maximum atomic E-state index is 9.11. The van der Waals surface area contributed by atoms with Gasteiger partial charge in [-0.1, -0.05) is 37.6 Å². The minimum Gasteiger partial charge on any atom is -0.396 e. The Morgan fingerprint density at radius 3 is 2.95 bits per heavy atom. The van der Waals surface area contributed by atoms with Gasteiger partial charge in [0.1, 0.15) is 0 Å². The Kier molecular flexibility index (Phi) is 6.34. The van der Waals surface area contributed by atoms with Crippen LogP contribution in [0.15, 0.2) is 18.2 Å².